The zero-order valence-corrected chi connectivity index (χ0v) is 14.8. The van der Waals surface area contributed by atoms with Crippen LogP contribution in [-0.4, -0.2) is 23.1 Å². The Morgan fingerprint density at radius 1 is 1.27 bits per heavy atom. The fourth-order valence-electron chi connectivity index (χ4n) is 3.13. The van der Waals surface area contributed by atoms with Crippen molar-refractivity contribution in [2.45, 2.75) is 18.9 Å². The fourth-order valence-corrected chi connectivity index (χ4v) is 3.30. The van der Waals surface area contributed by atoms with Gasteiger partial charge in [0.1, 0.15) is 5.71 Å². The maximum atomic E-state index is 12.3. The van der Waals surface area contributed by atoms with Crippen LogP contribution in [0.1, 0.15) is 23.7 Å². The number of benzene rings is 2. The summed E-state index contributed by atoms with van der Waals surface area (Å²) < 4.78 is 0. The molecule has 2 N–H and O–H groups in total. The van der Waals surface area contributed by atoms with Gasteiger partial charge in [-0.3, -0.25) is 4.79 Å². The summed E-state index contributed by atoms with van der Waals surface area (Å²) in [7, 11) is 0. The van der Waals surface area contributed by atoms with Crippen LogP contribution in [0.25, 0.3) is 10.9 Å². The molecule has 4 rings (SSSR count). The molecule has 0 bridgehead atoms. The summed E-state index contributed by atoms with van der Waals surface area (Å²) in [5, 5.41) is 8.65. The quantitative estimate of drug-likeness (QED) is 0.715. The Hall–Kier alpha value is -2.79. The van der Waals surface area contributed by atoms with Crippen LogP contribution in [-0.2, 0) is 16.1 Å². The first-order chi connectivity index (χ1) is 12.7. The molecule has 1 amide bonds. The standard InChI is InChI=1S/C20H18ClN3O2/c21-15-6-7-17-16(10-15)14(12-23-17)8-9-22-20(25)18-11-19(26-24-18)13-4-2-1-3-5-13/h1-7,10,12,19,23H,8-9,11H2,(H,22,25). The van der Waals surface area contributed by atoms with Gasteiger partial charge < -0.3 is 15.1 Å². The zero-order valence-electron chi connectivity index (χ0n) is 14.0. The third-order valence-electron chi connectivity index (χ3n) is 4.51. The third kappa shape index (κ3) is 3.44. The maximum Gasteiger partial charge on any atom is 0.269 e. The molecule has 1 atom stereocenters. The van der Waals surface area contributed by atoms with E-state index in [1.54, 1.807) is 0 Å². The lowest BCUT2D eigenvalue weighted by Gasteiger charge is -2.07. The number of aromatic amines is 1. The summed E-state index contributed by atoms with van der Waals surface area (Å²) in [4.78, 5) is 20.9. The second kappa shape index (κ2) is 7.22. The van der Waals surface area contributed by atoms with Gasteiger partial charge in [-0.1, -0.05) is 47.1 Å². The lowest BCUT2D eigenvalue weighted by molar-refractivity contribution is -0.114. The third-order valence-corrected chi connectivity index (χ3v) is 4.75. The van der Waals surface area contributed by atoms with Crippen molar-refractivity contribution < 1.29 is 9.63 Å². The van der Waals surface area contributed by atoms with Gasteiger partial charge in [0.25, 0.3) is 5.91 Å². The molecule has 1 aromatic heterocycles. The summed E-state index contributed by atoms with van der Waals surface area (Å²) >= 11 is 6.07. The van der Waals surface area contributed by atoms with Crippen LogP contribution in [0.15, 0.2) is 59.9 Å². The molecule has 3 aromatic rings. The molecule has 1 unspecified atom stereocenters. The van der Waals surface area contributed by atoms with Gasteiger partial charge in [0.05, 0.1) is 0 Å². The minimum Gasteiger partial charge on any atom is -0.387 e. The zero-order chi connectivity index (χ0) is 17.9. The molecular formula is C20H18ClN3O2. The molecule has 26 heavy (non-hydrogen) atoms. The summed E-state index contributed by atoms with van der Waals surface area (Å²) in [6, 6.07) is 15.5. The highest BCUT2D eigenvalue weighted by Crippen LogP contribution is 2.27. The average molecular weight is 368 g/mol. The van der Waals surface area contributed by atoms with Crippen LogP contribution in [0.2, 0.25) is 5.02 Å². The second-order valence-electron chi connectivity index (χ2n) is 6.26. The molecule has 5 nitrogen and oxygen atoms in total. The van der Waals surface area contributed by atoms with Crippen LogP contribution in [0.4, 0.5) is 0 Å². The molecule has 2 heterocycles. The first-order valence-electron chi connectivity index (χ1n) is 8.52. The van der Waals surface area contributed by atoms with Gasteiger partial charge in [0.2, 0.25) is 0 Å². The summed E-state index contributed by atoms with van der Waals surface area (Å²) in [6.07, 6.45) is 2.96. The summed E-state index contributed by atoms with van der Waals surface area (Å²) in [5.41, 5.74) is 3.61. The monoisotopic (exact) mass is 367 g/mol. The van der Waals surface area contributed by atoms with Gasteiger partial charge in [-0.25, -0.2) is 0 Å². The van der Waals surface area contributed by atoms with E-state index in [0.717, 1.165) is 22.0 Å². The molecule has 1 aliphatic rings. The van der Waals surface area contributed by atoms with E-state index in [9.17, 15) is 4.79 Å². The number of carbonyl (C=O) groups excluding carboxylic acids is 1. The topological polar surface area (TPSA) is 66.5 Å². The number of nitrogens with zero attached hydrogens (tertiary/aromatic N) is 1. The predicted molar refractivity (Wildman–Crippen MR) is 102 cm³/mol. The van der Waals surface area contributed by atoms with Gasteiger partial charge in [-0.15, -0.1) is 0 Å². The van der Waals surface area contributed by atoms with Crippen LogP contribution >= 0.6 is 11.6 Å². The highest BCUT2D eigenvalue weighted by molar-refractivity contribution is 6.39. The molecule has 6 heteroatoms. The van der Waals surface area contributed by atoms with Crippen LogP contribution in [0.3, 0.4) is 0 Å². The van der Waals surface area contributed by atoms with Gasteiger partial charge in [-0.2, -0.15) is 0 Å². The van der Waals surface area contributed by atoms with Crippen molar-refractivity contribution in [1.82, 2.24) is 10.3 Å². The Morgan fingerprint density at radius 2 is 2.12 bits per heavy atom. The number of amides is 1. The van der Waals surface area contributed by atoms with E-state index in [4.69, 9.17) is 16.4 Å². The SMILES string of the molecule is O=C(NCCc1c[nH]c2ccc(Cl)cc12)C1=NOC(c2ccccc2)C1. The van der Waals surface area contributed by atoms with Crippen LogP contribution < -0.4 is 5.32 Å². The normalized spacial score (nSPS) is 16.3. The lowest BCUT2D eigenvalue weighted by Crippen LogP contribution is -2.32. The first kappa shape index (κ1) is 16.7. The molecule has 132 valence electrons. The van der Waals surface area contributed by atoms with Gasteiger partial charge >= 0.3 is 0 Å². The smallest absolute Gasteiger partial charge is 0.269 e. The number of fused-ring (bicyclic) bond motifs is 1. The summed E-state index contributed by atoms with van der Waals surface area (Å²) in [5.74, 6) is -0.179. The van der Waals surface area contributed by atoms with E-state index >= 15 is 0 Å². The fraction of sp³-hybridized carbons (Fsp3) is 0.200. The van der Waals surface area contributed by atoms with Crippen molar-refractivity contribution in [1.29, 1.82) is 0 Å². The van der Waals surface area contributed by atoms with E-state index < -0.39 is 0 Å². The van der Waals surface area contributed by atoms with E-state index in [2.05, 4.69) is 15.5 Å². The van der Waals surface area contributed by atoms with E-state index in [1.165, 1.54) is 0 Å². The number of halogens is 1. The van der Waals surface area contributed by atoms with Gasteiger partial charge in [0.15, 0.2) is 6.10 Å². The Labute approximate surface area is 156 Å². The number of hydrogen-bond acceptors (Lipinski definition) is 3. The molecule has 0 radical (unpaired) electrons. The minimum absolute atomic E-state index is 0.179. The number of carbonyl (C=O) groups is 1. The van der Waals surface area contributed by atoms with E-state index in [1.807, 2.05) is 54.7 Å². The number of nitrogens with one attached hydrogen (secondary N) is 2. The number of rotatable bonds is 5. The Balaban J connectivity index is 1.32. The van der Waals surface area contributed by atoms with E-state index in [0.29, 0.717) is 30.1 Å². The maximum absolute atomic E-state index is 12.3. The Morgan fingerprint density at radius 3 is 2.96 bits per heavy atom. The van der Waals surface area contributed by atoms with Crippen LogP contribution in [0.5, 0.6) is 0 Å². The van der Waals surface area contributed by atoms with Crippen LogP contribution in [0, 0.1) is 0 Å². The Kier molecular flexibility index (Phi) is 4.63. The Bertz CT molecular complexity index is 966. The minimum atomic E-state index is -0.187. The van der Waals surface area contributed by atoms with Crippen molar-refractivity contribution in [3.63, 3.8) is 0 Å². The molecule has 0 fully saturated rings. The van der Waals surface area contributed by atoms with Crippen molar-refractivity contribution in [3.8, 4) is 0 Å². The summed E-state index contributed by atoms with van der Waals surface area (Å²) in [6.45, 7) is 0.521. The number of aromatic nitrogens is 1. The molecule has 0 spiro atoms. The second-order valence-corrected chi connectivity index (χ2v) is 6.69. The predicted octanol–water partition coefficient (Wildman–Crippen LogP) is 4.00. The molecule has 1 aliphatic heterocycles. The van der Waals surface area contributed by atoms with E-state index in [-0.39, 0.29) is 12.0 Å². The van der Waals surface area contributed by atoms with Gasteiger partial charge in [-0.05, 0) is 35.7 Å². The molecule has 0 aliphatic carbocycles. The average Bonchev–Trinajstić information content (AvgIpc) is 3.30. The van der Waals surface area contributed by atoms with Crippen molar-refractivity contribution in [3.05, 3.63) is 70.9 Å². The molecule has 0 saturated heterocycles. The van der Waals surface area contributed by atoms with Crippen molar-refractivity contribution in [2.75, 3.05) is 6.54 Å². The number of oxime groups is 1. The highest BCUT2D eigenvalue weighted by Gasteiger charge is 2.27. The number of H-pyrrole nitrogens is 1. The molecular weight excluding hydrogens is 350 g/mol. The van der Waals surface area contributed by atoms with Crippen molar-refractivity contribution >= 4 is 34.1 Å². The molecule has 0 saturated carbocycles. The molecule has 2 aromatic carbocycles. The highest BCUT2D eigenvalue weighted by atomic mass is 35.5. The number of hydrogen-bond donors (Lipinski definition) is 2. The largest absolute Gasteiger partial charge is 0.387 e. The lowest BCUT2D eigenvalue weighted by atomic mass is 10.0. The van der Waals surface area contributed by atoms with Crippen molar-refractivity contribution in [2.24, 2.45) is 5.16 Å². The first-order valence-corrected chi connectivity index (χ1v) is 8.90. The van der Waals surface area contributed by atoms with Gasteiger partial charge in [0, 0.05) is 35.1 Å².